The van der Waals surface area contributed by atoms with Crippen LogP contribution in [-0.2, 0) is 4.79 Å². The third-order valence-electron chi connectivity index (χ3n) is 0.322. The highest BCUT2D eigenvalue weighted by Crippen LogP contribution is 1.99. The predicted octanol–water partition coefficient (Wildman–Crippen LogP) is 1.37. The zero-order chi connectivity index (χ0) is 5.86. The van der Waals surface area contributed by atoms with E-state index in [9.17, 15) is 4.79 Å². The van der Waals surface area contributed by atoms with E-state index in [1.165, 1.54) is 0 Å². The van der Waals surface area contributed by atoms with E-state index in [-0.39, 0.29) is 0 Å². The molecule has 0 spiro atoms. The zero-order valence-corrected chi connectivity index (χ0v) is 5.40. The Kier molecular flexibility index (Phi) is 2.67. The highest BCUT2D eigenvalue weighted by Gasteiger charge is 1.85. The van der Waals surface area contributed by atoms with Crippen LogP contribution in [0.4, 0.5) is 0 Å². The molecule has 0 aliphatic heterocycles. The number of aliphatic carboxylic acids is 1. The van der Waals surface area contributed by atoms with Gasteiger partial charge in [-0.1, -0.05) is 15.9 Å². The summed E-state index contributed by atoms with van der Waals surface area (Å²) in [4.78, 5) is 9.70. The normalized spacial score (nSPS) is 11.4. The highest BCUT2D eigenvalue weighted by atomic mass is 79.9. The zero-order valence-electron chi connectivity index (χ0n) is 3.81. The molecule has 0 rings (SSSR count). The van der Waals surface area contributed by atoms with Crippen molar-refractivity contribution in [2.75, 3.05) is 0 Å². The van der Waals surface area contributed by atoms with Crippen molar-refractivity contribution >= 4 is 21.9 Å². The lowest BCUT2D eigenvalue weighted by Gasteiger charge is -1.77. The highest BCUT2D eigenvalue weighted by molar-refractivity contribution is 9.11. The van der Waals surface area contributed by atoms with E-state index in [2.05, 4.69) is 15.9 Å². The molecule has 0 bridgehead atoms. The maximum absolute atomic E-state index is 9.70. The number of carboxylic acid groups (broad SMARTS) is 1. The van der Waals surface area contributed by atoms with E-state index in [0.717, 1.165) is 6.08 Å². The fourth-order valence-corrected chi connectivity index (χ4v) is 0.366. The van der Waals surface area contributed by atoms with Gasteiger partial charge >= 0.3 is 5.97 Å². The van der Waals surface area contributed by atoms with Gasteiger partial charge in [0.1, 0.15) is 0 Å². The maximum atomic E-state index is 9.70. The van der Waals surface area contributed by atoms with Gasteiger partial charge < -0.3 is 5.11 Å². The predicted molar refractivity (Wildman–Crippen MR) is 30.3 cm³/mol. The molecule has 0 unspecified atom stereocenters. The Morgan fingerprint density at radius 3 is 2.29 bits per heavy atom. The smallest absolute Gasteiger partial charge is 0.329 e. The molecule has 0 saturated carbocycles. The van der Waals surface area contributed by atoms with E-state index in [1.807, 2.05) is 0 Å². The Labute approximate surface area is 50.0 Å². The molecular weight excluding hydrogens is 160 g/mol. The van der Waals surface area contributed by atoms with Gasteiger partial charge in [0.2, 0.25) is 0 Å². The summed E-state index contributed by atoms with van der Waals surface area (Å²) in [5.41, 5.74) is 0. The Balaban J connectivity index is 3.68. The SMILES string of the molecule is CC(Br)=CC(=O)O. The van der Waals surface area contributed by atoms with Gasteiger partial charge in [-0.2, -0.15) is 0 Å². The number of rotatable bonds is 1. The van der Waals surface area contributed by atoms with Crippen LogP contribution in [0.2, 0.25) is 0 Å². The largest absolute Gasteiger partial charge is 0.478 e. The quantitative estimate of drug-likeness (QED) is 0.595. The summed E-state index contributed by atoms with van der Waals surface area (Å²) in [6.07, 6.45) is 1.08. The fourth-order valence-electron chi connectivity index (χ4n) is 0.170. The summed E-state index contributed by atoms with van der Waals surface area (Å²) in [7, 11) is 0. The second-order valence-electron chi connectivity index (χ2n) is 1.07. The molecule has 0 aromatic heterocycles. The molecule has 0 aromatic carbocycles. The van der Waals surface area contributed by atoms with Crippen LogP contribution in [0.15, 0.2) is 10.6 Å². The molecular formula is C4H5BrO2. The number of allylic oxidation sites excluding steroid dienone is 1. The van der Waals surface area contributed by atoms with Crippen LogP contribution in [0.5, 0.6) is 0 Å². The molecule has 0 fully saturated rings. The van der Waals surface area contributed by atoms with Gasteiger partial charge in [-0.25, -0.2) is 4.79 Å². The molecule has 0 amide bonds. The molecule has 1 N–H and O–H groups in total. The average molecular weight is 165 g/mol. The van der Waals surface area contributed by atoms with Crippen LogP contribution in [0.1, 0.15) is 6.92 Å². The summed E-state index contributed by atoms with van der Waals surface area (Å²) < 4.78 is 0.625. The van der Waals surface area contributed by atoms with E-state index in [1.54, 1.807) is 6.92 Å². The number of hydrogen-bond acceptors (Lipinski definition) is 1. The third kappa shape index (κ3) is 5.69. The Bertz CT molecular complexity index is 102. The lowest BCUT2D eigenvalue weighted by Crippen LogP contribution is -1.85. The number of carbonyl (C=O) groups is 1. The van der Waals surface area contributed by atoms with Crippen LogP contribution in [0, 0.1) is 0 Å². The Morgan fingerprint density at radius 2 is 2.29 bits per heavy atom. The summed E-state index contributed by atoms with van der Waals surface area (Å²) in [5.74, 6) is -0.922. The summed E-state index contributed by atoms with van der Waals surface area (Å²) in [5, 5.41) is 7.98. The molecule has 2 nitrogen and oxygen atoms in total. The van der Waals surface area contributed by atoms with Crippen LogP contribution < -0.4 is 0 Å². The van der Waals surface area contributed by atoms with Crippen molar-refractivity contribution in [1.29, 1.82) is 0 Å². The second-order valence-corrected chi connectivity index (χ2v) is 2.32. The first kappa shape index (κ1) is 6.69. The molecule has 0 aliphatic carbocycles. The maximum Gasteiger partial charge on any atom is 0.329 e. The van der Waals surface area contributed by atoms with Crippen molar-refractivity contribution in [3.05, 3.63) is 10.6 Å². The minimum absolute atomic E-state index is 0.625. The summed E-state index contributed by atoms with van der Waals surface area (Å²) in [6.45, 7) is 1.66. The molecule has 0 radical (unpaired) electrons. The first-order valence-corrected chi connectivity index (χ1v) is 2.49. The van der Waals surface area contributed by atoms with E-state index in [4.69, 9.17) is 5.11 Å². The Hall–Kier alpha value is -0.310. The van der Waals surface area contributed by atoms with E-state index >= 15 is 0 Å². The third-order valence-corrected chi connectivity index (χ3v) is 0.551. The number of hydrogen-bond donors (Lipinski definition) is 1. The molecule has 0 aliphatic rings. The minimum Gasteiger partial charge on any atom is -0.478 e. The monoisotopic (exact) mass is 164 g/mol. The molecule has 7 heavy (non-hydrogen) atoms. The van der Waals surface area contributed by atoms with Crippen LogP contribution >= 0.6 is 15.9 Å². The first-order valence-electron chi connectivity index (χ1n) is 1.69. The molecule has 0 saturated heterocycles. The van der Waals surface area contributed by atoms with E-state index < -0.39 is 5.97 Å². The topological polar surface area (TPSA) is 37.3 Å². The van der Waals surface area contributed by atoms with Crippen molar-refractivity contribution in [2.45, 2.75) is 6.92 Å². The van der Waals surface area contributed by atoms with Crippen LogP contribution in [0.3, 0.4) is 0 Å². The van der Waals surface area contributed by atoms with Gasteiger partial charge in [-0.3, -0.25) is 0 Å². The van der Waals surface area contributed by atoms with Crippen molar-refractivity contribution in [3.63, 3.8) is 0 Å². The lowest BCUT2D eigenvalue weighted by atomic mass is 10.5. The van der Waals surface area contributed by atoms with Crippen molar-refractivity contribution in [2.24, 2.45) is 0 Å². The molecule has 40 valence electrons. The second kappa shape index (κ2) is 2.80. The fraction of sp³-hybridized carbons (Fsp3) is 0.250. The molecule has 0 aromatic rings. The van der Waals surface area contributed by atoms with Crippen molar-refractivity contribution < 1.29 is 9.90 Å². The standard InChI is InChI=1S/C4H5BrO2/c1-3(5)2-4(6)7/h2H,1H3,(H,6,7). The van der Waals surface area contributed by atoms with Crippen LogP contribution in [-0.4, -0.2) is 11.1 Å². The van der Waals surface area contributed by atoms with Gasteiger partial charge in [-0.15, -0.1) is 0 Å². The van der Waals surface area contributed by atoms with Gasteiger partial charge in [0.05, 0.1) is 0 Å². The van der Waals surface area contributed by atoms with Gasteiger partial charge in [0.15, 0.2) is 0 Å². The number of carboxylic acids is 1. The van der Waals surface area contributed by atoms with Crippen molar-refractivity contribution in [3.8, 4) is 0 Å². The minimum atomic E-state index is -0.922. The lowest BCUT2D eigenvalue weighted by molar-refractivity contribution is -0.131. The van der Waals surface area contributed by atoms with Crippen molar-refractivity contribution in [1.82, 2.24) is 0 Å². The molecule has 3 heteroatoms. The molecule has 0 heterocycles. The summed E-state index contributed by atoms with van der Waals surface area (Å²) >= 11 is 2.96. The van der Waals surface area contributed by atoms with Gasteiger partial charge in [0, 0.05) is 6.08 Å². The Morgan fingerprint density at radius 1 is 1.86 bits per heavy atom. The van der Waals surface area contributed by atoms with E-state index in [0.29, 0.717) is 4.48 Å². The molecule has 0 atom stereocenters. The first-order chi connectivity index (χ1) is 3.13. The number of halogens is 1. The summed E-state index contributed by atoms with van der Waals surface area (Å²) in [6, 6.07) is 0. The van der Waals surface area contributed by atoms with Gasteiger partial charge in [0.25, 0.3) is 0 Å². The average Bonchev–Trinajstić information content (AvgIpc) is 1.27. The van der Waals surface area contributed by atoms with Crippen LogP contribution in [0.25, 0.3) is 0 Å². The van der Waals surface area contributed by atoms with Gasteiger partial charge in [-0.05, 0) is 11.4 Å².